The molecule has 1 atom stereocenters. The van der Waals surface area contributed by atoms with Gasteiger partial charge in [0.15, 0.2) is 5.69 Å². The maximum atomic E-state index is 12.2. The van der Waals surface area contributed by atoms with Crippen LogP contribution in [-0.4, -0.2) is 57.3 Å². The molecule has 10 heteroatoms. The standard InChI is InChI=1S/C23H23N5O5/c1-14(22(30)31)25-21(29)20-12-28(27-26-20)11-10-24-23(32)33-13-19-17-8-4-2-6-15(17)16-7-3-5-9-18(16)19/h2-9,12,14,19H,10-11,13H2,1H3,(H,24,32)(H,25,29)(H,30,31)/t14-/m0/s1. The lowest BCUT2D eigenvalue weighted by Gasteiger charge is -2.14. The van der Waals surface area contributed by atoms with Gasteiger partial charge in [0.05, 0.1) is 12.7 Å². The first kappa shape index (κ1) is 22.0. The van der Waals surface area contributed by atoms with Crippen molar-refractivity contribution >= 4 is 18.0 Å². The molecule has 0 aliphatic heterocycles. The minimum absolute atomic E-state index is 0.00996. The number of nitrogens with zero attached hydrogens (tertiary/aromatic N) is 3. The number of carbonyl (C=O) groups excluding carboxylic acids is 2. The molecule has 1 aromatic heterocycles. The van der Waals surface area contributed by atoms with E-state index >= 15 is 0 Å². The van der Waals surface area contributed by atoms with Crippen LogP contribution in [0.5, 0.6) is 0 Å². The van der Waals surface area contributed by atoms with Gasteiger partial charge in [0.2, 0.25) is 0 Å². The monoisotopic (exact) mass is 449 g/mol. The van der Waals surface area contributed by atoms with E-state index in [1.54, 1.807) is 0 Å². The molecule has 33 heavy (non-hydrogen) atoms. The van der Waals surface area contributed by atoms with Gasteiger partial charge in [0, 0.05) is 12.5 Å². The summed E-state index contributed by atoms with van der Waals surface area (Å²) in [5.74, 6) is -1.81. The Labute approximate surface area is 189 Å². The number of fused-ring (bicyclic) bond motifs is 3. The zero-order chi connectivity index (χ0) is 23.4. The summed E-state index contributed by atoms with van der Waals surface area (Å²) in [6, 6.07) is 15.2. The Morgan fingerprint density at radius 2 is 1.73 bits per heavy atom. The number of nitrogens with one attached hydrogen (secondary N) is 2. The number of carboxylic acids is 1. The summed E-state index contributed by atoms with van der Waals surface area (Å²) in [6.07, 6.45) is 0.828. The molecule has 1 aliphatic rings. The number of amides is 2. The first-order valence-electron chi connectivity index (χ1n) is 10.5. The summed E-state index contributed by atoms with van der Waals surface area (Å²) < 4.78 is 6.85. The van der Waals surface area contributed by atoms with E-state index in [1.807, 2.05) is 24.3 Å². The number of rotatable bonds is 8. The fourth-order valence-electron chi connectivity index (χ4n) is 3.77. The third-order valence-electron chi connectivity index (χ3n) is 5.44. The topological polar surface area (TPSA) is 135 Å². The Bertz CT molecular complexity index is 1150. The maximum Gasteiger partial charge on any atom is 0.407 e. The van der Waals surface area contributed by atoms with Crippen LogP contribution in [0.25, 0.3) is 11.1 Å². The largest absolute Gasteiger partial charge is 0.480 e. The number of carbonyl (C=O) groups is 3. The van der Waals surface area contributed by atoms with Gasteiger partial charge in [-0.3, -0.25) is 9.59 Å². The number of aliphatic carboxylic acids is 1. The highest BCUT2D eigenvalue weighted by molar-refractivity contribution is 5.94. The van der Waals surface area contributed by atoms with Gasteiger partial charge in [-0.05, 0) is 29.2 Å². The minimum Gasteiger partial charge on any atom is -0.480 e. The second-order valence-corrected chi connectivity index (χ2v) is 7.65. The summed E-state index contributed by atoms with van der Waals surface area (Å²) in [5, 5.41) is 21.3. The number of ether oxygens (including phenoxy) is 1. The molecule has 1 heterocycles. The normalized spacial score (nSPS) is 13.0. The highest BCUT2D eigenvalue weighted by Gasteiger charge is 2.29. The molecule has 3 N–H and O–H groups in total. The molecule has 10 nitrogen and oxygen atoms in total. The second-order valence-electron chi connectivity index (χ2n) is 7.65. The summed E-state index contributed by atoms with van der Waals surface area (Å²) in [6.45, 7) is 2.05. The quantitative estimate of drug-likeness (QED) is 0.479. The zero-order valence-corrected chi connectivity index (χ0v) is 17.9. The smallest absolute Gasteiger partial charge is 0.407 e. The average Bonchev–Trinajstić information content (AvgIpc) is 3.41. The lowest BCUT2D eigenvalue weighted by atomic mass is 9.98. The lowest BCUT2D eigenvalue weighted by Crippen LogP contribution is -2.38. The zero-order valence-electron chi connectivity index (χ0n) is 17.9. The first-order chi connectivity index (χ1) is 15.9. The van der Waals surface area contributed by atoms with E-state index in [0.29, 0.717) is 0 Å². The summed E-state index contributed by atoms with van der Waals surface area (Å²) in [4.78, 5) is 35.0. The van der Waals surface area contributed by atoms with Gasteiger partial charge in [-0.25, -0.2) is 9.48 Å². The van der Waals surface area contributed by atoms with E-state index in [9.17, 15) is 14.4 Å². The van der Waals surface area contributed by atoms with E-state index in [4.69, 9.17) is 9.84 Å². The van der Waals surface area contributed by atoms with Crippen LogP contribution < -0.4 is 10.6 Å². The van der Waals surface area contributed by atoms with Crippen LogP contribution in [0, 0.1) is 0 Å². The number of alkyl carbamates (subject to hydrolysis) is 1. The molecule has 0 saturated heterocycles. The van der Waals surface area contributed by atoms with Crippen LogP contribution in [0.2, 0.25) is 0 Å². The number of carboxylic acid groups (broad SMARTS) is 1. The molecular formula is C23H23N5O5. The average molecular weight is 449 g/mol. The Hall–Kier alpha value is -4.21. The fourth-order valence-corrected chi connectivity index (χ4v) is 3.77. The van der Waals surface area contributed by atoms with Gasteiger partial charge < -0.3 is 20.5 Å². The SMILES string of the molecule is C[C@H](NC(=O)c1cn(CCNC(=O)OCC2c3ccccc3-c3ccccc32)nn1)C(=O)O. The van der Waals surface area contributed by atoms with Crippen molar-refractivity contribution in [1.29, 1.82) is 0 Å². The molecule has 4 rings (SSSR count). The molecule has 0 radical (unpaired) electrons. The summed E-state index contributed by atoms with van der Waals surface area (Å²) >= 11 is 0. The number of benzene rings is 2. The molecular weight excluding hydrogens is 426 g/mol. The van der Waals surface area contributed by atoms with Crippen molar-refractivity contribution in [3.63, 3.8) is 0 Å². The maximum absolute atomic E-state index is 12.2. The summed E-state index contributed by atoms with van der Waals surface area (Å²) in [7, 11) is 0. The van der Waals surface area contributed by atoms with Gasteiger partial charge in [0.1, 0.15) is 12.6 Å². The molecule has 0 unspecified atom stereocenters. The van der Waals surface area contributed by atoms with Crippen LogP contribution >= 0.6 is 0 Å². The molecule has 0 saturated carbocycles. The lowest BCUT2D eigenvalue weighted by molar-refractivity contribution is -0.138. The number of aromatic nitrogens is 3. The van der Waals surface area contributed by atoms with Crippen LogP contribution in [-0.2, 0) is 16.1 Å². The Balaban J connectivity index is 1.26. The predicted octanol–water partition coefficient (Wildman–Crippen LogP) is 2.02. The van der Waals surface area contributed by atoms with Crippen molar-refractivity contribution in [2.45, 2.75) is 25.4 Å². The predicted molar refractivity (Wildman–Crippen MR) is 118 cm³/mol. The minimum atomic E-state index is -1.15. The van der Waals surface area contributed by atoms with Crippen molar-refractivity contribution in [3.05, 3.63) is 71.5 Å². The van der Waals surface area contributed by atoms with E-state index in [-0.39, 0.29) is 31.3 Å². The Morgan fingerprint density at radius 1 is 1.09 bits per heavy atom. The third-order valence-corrected chi connectivity index (χ3v) is 5.44. The highest BCUT2D eigenvalue weighted by atomic mass is 16.5. The van der Waals surface area contributed by atoms with Gasteiger partial charge in [-0.2, -0.15) is 0 Å². The molecule has 2 aromatic carbocycles. The van der Waals surface area contributed by atoms with E-state index < -0.39 is 24.0 Å². The second kappa shape index (κ2) is 9.51. The van der Waals surface area contributed by atoms with Gasteiger partial charge in [-0.15, -0.1) is 5.10 Å². The number of hydrogen-bond donors (Lipinski definition) is 3. The van der Waals surface area contributed by atoms with E-state index in [2.05, 4.69) is 45.2 Å². The van der Waals surface area contributed by atoms with Gasteiger partial charge >= 0.3 is 12.1 Å². The van der Waals surface area contributed by atoms with Crippen molar-refractivity contribution in [2.75, 3.05) is 13.2 Å². The summed E-state index contributed by atoms with van der Waals surface area (Å²) in [5.41, 5.74) is 4.58. The fraction of sp³-hybridized carbons (Fsp3) is 0.261. The van der Waals surface area contributed by atoms with E-state index in [0.717, 1.165) is 22.3 Å². The van der Waals surface area contributed by atoms with Gasteiger partial charge in [0.25, 0.3) is 5.91 Å². The van der Waals surface area contributed by atoms with Gasteiger partial charge in [-0.1, -0.05) is 53.7 Å². The molecule has 0 spiro atoms. The highest BCUT2D eigenvalue weighted by Crippen LogP contribution is 2.44. The molecule has 0 bridgehead atoms. The molecule has 170 valence electrons. The molecule has 0 fully saturated rings. The molecule has 3 aromatic rings. The third kappa shape index (κ3) is 4.84. The number of hydrogen-bond acceptors (Lipinski definition) is 6. The Morgan fingerprint density at radius 3 is 2.36 bits per heavy atom. The van der Waals surface area contributed by atoms with Crippen molar-refractivity contribution in [3.8, 4) is 11.1 Å². The van der Waals surface area contributed by atoms with Crippen molar-refractivity contribution in [1.82, 2.24) is 25.6 Å². The molecule has 2 amide bonds. The van der Waals surface area contributed by atoms with Crippen LogP contribution in [0.15, 0.2) is 54.7 Å². The van der Waals surface area contributed by atoms with Crippen LogP contribution in [0.3, 0.4) is 0 Å². The molecule has 1 aliphatic carbocycles. The van der Waals surface area contributed by atoms with Crippen molar-refractivity contribution < 1.29 is 24.2 Å². The van der Waals surface area contributed by atoms with Crippen molar-refractivity contribution in [2.24, 2.45) is 0 Å². The first-order valence-corrected chi connectivity index (χ1v) is 10.5. The van der Waals surface area contributed by atoms with E-state index in [1.165, 1.54) is 17.8 Å². The van der Waals surface area contributed by atoms with Crippen LogP contribution in [0.1, 0.15) is 34.5 Å². The van der Waals surface area contributed by atoms with Crippen LogP contribution in [0.4, 0.5) is 4.79 Å². The Kier molecular flexibility index (Phi) is 6.34.